The zero-order valence-corrected chi connectivity index (χ0v) is 12.3. The number of halogens is 1. The molecule has 0 radical (unpaired) electrons. The highest BCUT2D eigenvalue weighted by Gasteiger charge is 2.25. The highest BCUT2D eigenvalue weighted by atomic mass is 127. The summed E-state index contributed by atoms with van der Waals surface area (Å²) in [6.07, 6.45) is 0. The van der Waals surface area contributed by atoms with Gasteiger partial charge in [-0.2, -0.15) is 0 Å². The van der Waals surface area contributed by atoms with Crippen LogP contribution in [0.4, 0.5) is 0 Å². The Morgan fingerprint density at radius 3 is 3.00 bits per heavy atom. The summed E-state index contributed by atoms with van der Waals surface area (Å²) in [4.78, 5) is 14.4. The normalized spacial score (nSPS) is 20.4. The topological polar surface area (TPSA) is 32.3 Å². The number of nitrogens with zero attached hydrogens (tertiary/aromatic N) is 1. The van der Waals surface area contributed by atoms with Crippen molar-refractivity contribution in [1.82, 2.24) is 10.2 Å². The molecule has 1 atom stereocenters. The van der Waals surface area contributed by atoms with E-state index in [0.717, 1.165) is 34.3 Å². The molecular formula is C13H17IN2O. The van der Waals surface area contributed by atoms with Crippen molar-refractivity contribution in [2.75, 3.05) is 19.6 Å². The molecule has 1 aliphatic rings. The third-order valence-corrected chi connectivity index (χ3v) is 4.43. The number of carbonyl (C=O) groups excluding carboxylic acids is 1. The highest BCUT2D eigenvalue weighted by molar-refractivity contribution is 14.1. The van der Waals surface area contributed by atoms with Crippen molar-refractivity contribution in [1.29, 1.82) is 0 Å². The Balaban J connectivity index is 2.27. The lowest BCUT2D eigenvalue weighted by molar-refractivity contribution is 0.0655. The number of benzene rings is 1. The van der Waals surface area contributed by atoms with Gasteiger partial charge in [-0.3, -0.25) is 4.79 Å². The molecule has 17 heavy (non-hydrogen) atoms. The molecule has 2 rings (SSSR count). The van der Waals surface area contributed by atoms with E-state index in [9.17, 15) is 4.79 Å². The smallest absolute Gasteiger partial charge is 0.254 e. The molecule has 4 heteroatoms. The lowest BCUT2D eigenvalue weighted by atomic mass is 10.1. The SMILES string of the molecule is Cc1c(I)cccc1C(=O)N1CCNC[C@H]1C. The van der Waals surface area contributed by atoms with Crippen LogP contribution >= 0.6 is 22.6 Å². The largest absolute Gasteiger partial charge is 0.333 e. The predicted molar refractivity (Wildman–Crippen MR) is 77.3 cm³/mol. The van der Waals surface area contributed by atoms with Gasteiger partial charge in [0, 0.05) is 34.8 Å². The van der Waals surface area contributed by atoms with E-state index in [1.165, 1.54) is 0 Å². The molecule has 0 unspecified atom stereocenters. The molecule has 92 valence electrons. The van der Waals surface area contributed by atoms with Crippen LogP contribution in [-0.2, 0) is 0 Å². The Morgan fingerprint density at radius 1 is 1.53 bits per heavy atom. The van der Waals surface area contributed by atoms with Gasteiger partial charge in [-0.25, -0.2) is 0 Å². The summed E-state index contributed by atoms with van der Waals surface area (Å²) in [5.74, 6) is 0.162. The van der Waals surface area contributed by atoms with Crippen molar-refractivity contribution < 1.29 is 4.79 Å². The van der Waals surface area contributed by atoms with E-state index < -0.39 is 0 Å². The second-order valence-electron chi connectivity index (χ2n) is 4.46. The van der Waals surface area contributed by atoms with Gasteiger partial charge in [-0.15, -0.1) is 0 Å². The van der Waals surface area contributed by atoms with Crippen LogP contribution in [-0.4, -0.2) is 36.5 Å². The van der Waals surface area contributed by atoms with Crippen LogP contribution in [0.1, 0.15) is 22.8 Å². The first kappa shape index (κ1) is 12.8. The van der Waals surface area contributed by atoms with E-state index in [0.29, 0.717) is 0 Å². The van der Waals surface area contributed by atoms with Crippen LogP contribution in [0.3, 0.4) is 0 Å². The van der Waals surface area contributed by atoms with Crippen molar-refractivity contribution in [2.45, 2.75) is 19.9 Å². The minimum absolute atomic E-state index is 0.162. The van der Waals surface area contributed by atoms with Gasteiger partial charge in [0.15, 0.2) is 0 Å². The van der Waals surface area contributed by atoms with Crippen LogP contribution in [0.2, 0.25) is 0 Å². The lowest BCUT2D eigenvalue weighted by Crippen LogP contribution is -2.52. The second kappa shape index (κ2) is 5.35. The number of hydrogen-bond acceptors (Lipinski definition) is 2. The summed E-state index contributed by atoms with van der Waals surface area (Å²) in [6.45, 7) is 6.67. The maximum absolute atomic E-state index is 12.5. The molecule has 1 aromatic carbocycles. The summed E-state index contributed by atoms with van der Waals surface area (Å²) in [5, 5.41) is 3.30. The number of carbonyl (C=O) groups is 1. The molecule has 1 N–H and O–H groups in total. The van der Waals surface area contributed by atoms with Crippen molar-refractivity contribution in [3.63, 3.8) is 0 Å². The monoisotopic (exact) mass is 344 g/mol. The Hall–Kier alpha value is -0.620. The number of rotatable bonds is 1. The number of piperazine rings is 1. The summed E-state index contributed by atoms with van der Waals surface area (Å²) in [7, 11) is 0. The molecule has 0 saturated carbocycles. The van der Waals surface area contributed by atoms with E-state index in [1.54, 1.807) is 0 Å². The molecule has 1 amide bonds. The fourth-order valence-corrected chi connectivity index (χ4v) is 2.63. The molecule has 1 heterocycles. The Labute approximate surface area is 116 Å². The average molecular weight is 344 g/mol. The summed E-state index contributed by atoms with van der Waals surface area (Å²) >= 11 is 2.28. The van der Waals surface area contributed by atoms with Crippen LogP contribution in [0, 0.1) is 10.5 Å². The van der Waals surface area contributed by atoms with E-state index >= 15 is 0 Å². The van der Waals surface area contributed by atoms with Crippen LogP contribution < -0.4 is 5.32 Å². The second-order valence-corrected chi connectivity index (χ2v) is 5.63. The van der Waals surface area contributed by atoms with Gasteiger partial charge in [0.25, 0.3) is 5.91 Å². The molecule has 1 fully saturated rings. The van der Waals surface area contributed by atoms with Crippen molar-refractivity contribution in [3.8, 4) is 0 Å². The van der Waals surface area contributed by atoms with E-state index in [1.807, 2.05) is 30.0 Å². The number of hydrogen-bond donors (Lipinski definition) is 1. The Bertz CT molecular complexity index is 433. The lowest BCUT2D eigenvalue weighted by Gasteiger charge is -2.34. The highest BCUT2D eigenvalue weighted by Crippen LogP contribution is 2.19. The van der Waals surface area contributed by atoms with Gasteiger partial charge in [-0.1, -0.05) is 6.07 Å². The van der Waals surface area contributed by atoms with Crippen LogP contribution in [0.25, 0.3) is 0 Å². The summed E-state index contributed by atoms with van der Waals surface area (Å²) in [5.41, 5.74) is 1.93. The first-order chi connectivity index (χ1) is 8.11. The van der Waals surface area contributed by atoms with Crippen molar-refractivity contribution >= 4 is 28.5 Å². The fraction of sp³-hybridized carbons (Fsp3) is 0.462. The van der Waals surface area contributed by atoms with Crippen molar-refractivity contribution in [2.24, 2.45) is 0 Å². The summed E-state index contributed by atoms with van der Waals surface area (Å²) < 4.78 is 1.15. The molecule has 3 nitrogen and oxygen atoms in total. The predicted octanol–water partition coefficient (Wildman–Crippen LogP) is 2.03. The van der Waals surface area contributed by atoms with Crippen molar-refractivity contribution in [3.05, 3.63) is 32.9 Å². The molecule has 0 aromatic heterocycles. The Kier molecular flexibility index (Phi) is 4.04. The van der Waals surface area contributed by atoms with Gasteiger partial charge in [0.2, 0.25) is 0 Å². The molecule has 1 aliphatic heterocycles. The molecule has 1 saturated heterocycles. The molecule has 1 aromatic rings. The van der Waals surface area contributed by atoms with Gasteiger partial charge >= 0.3 is 0 Å². The van der Waals surface area contributed by atoms with Gasteiger partial charge in [0.05, 0.1) is 0 Å². The first-order valence-electron chi connectivity index (χ1n) is 5.88. The first-order valence-corrected chi connectivity index (χ1v) is 6.96. The quantitative estimate of drug-likeness (QED) is 0.791. The van der Waals surface area contributed by atoms with Crippen LogP contribution in [0.15, 0.2) is 18.2 Å². The Morgan fingerprint density at radius 2 is 2.29 bits per heavy atom. The number of amides is 1. The minimum Gasteiger partial charge on any atom is -0.333 e. The van der Waals surface area contributed by atoms with Gasteiger partial charge < -0.3 is 10.2 Å². The van der Waals surface area contributed by atoms with E-state index in [-0.39, 0.29) is 11.9 Å². The minimum atomic E-state index is 0.162. The maximum atomic E-state index is 12.5. The fourth-order valence-electron chi connectivity index (χ4n) is 2.14. The zero-order chi connectivity index (χ0) is 12.4. The third kappa shape index (κ3) is 2.63. The van der Waals surface area contributed by atoms with Gasteiger partial charge in [0.1, 0.15) is 0 Å². The van der Waals surface area contributed by atoms with E-state index in [2.05, 4.69) is 34.8 Å². The standard InChI is InChI=1S/C13H17IN2O/c1-9-8-15-6-7-16(9)13(17)11-4-3-5-12(14)10(11)2/h3-5,9,15H,6-8H2,1-2H3/t9-/m1/s1. The van der Waals surface area contributed by atoms with E-state index in [4.69, 9.17) is 0 Å². The summed E-state index contributed by atoms with van der Waals surface area (Å²) in [6, 6.07) is 6.19. The van der Waals surface area contributed by atoms with Gasteiger partial charge in [-0.05, 0) is 54.1 Å². The van der Waals surface area contributed by atoms with Crippen LogP contribution in [0.5, 0.6) is 0 Å². The molecular weight excluding hydrogens is 327 g/mol. The number of nitrogens with one attached hydrogen (secondary N) is 1. The molecule has 0 aliphatic carbocycles. The zero-order valence-electron chi connectivity index (χ0n) is 10.2. The molecule has 0 spiro atoms. The molecule has 0 bridgehead atoms. The maximum Gasteiger partial charge on any atom is 0.254 e. The third-order valence-electron chi connectivity index (χ3n) is 3.26. The average Bonchev–Trinajstić information content (AvgIpc) is 2.32.